The maximum atomic E-state index is 12.7. The van der Waals surface area contributed by atoms with E-state index in [9.17, 15) is 9.90 Å². The fourth-order valence-electron chi connectivity index (χ4n) is 4.01. The zero-order valence-corrected chi connectivity index (χ0v) is 13.3. The molecular weight excluding hydrogens is 274 g/mol. The Bertz CT molecular complexity index is 514. The van der Waals surface area contributed by atoms with Crippen LogP contribution in [0.5, 0.6) is 0 Å². The first-order valence-electron chi connectivity index (χ1n) is 8.74. The standard InChI is InChI=1S/C19H27NO2/c21-14-15-6-3-4-11-20(13-15)19(22)12-17-9-5-8-16-7-1-2-10-18(16)17/h1-2,7,10,15,17,21H,3-6,8-9,11-14H2/t15-,17-/m0/s1. The van der Waals surface area contributed by atoms with Crippen molar-refractivity contribution < 1.29 is 9.90 Å². The Morgan fingerprint density at radius 1 is 1.18 bits per heavy atom. The van der Waals surface area contributed by atoms with Crippen molar-refractivity contribution >= 4 is 5.91 Å². The van der Waals surface area contributed by atoms with Gasteiger partial charge < -0.3 is 10.0 Å². The van der Waals surface area contributed by atoms with Crippen LogP contribution < -0.4 is 0 Å². The Hall–Kier alpha value is -1.35. The SMILES string of the molecule is O=C(C[C@@H]1CCCc2ccccc21)N1CCCC[C@H](CO)C1. The number of benzene rings is 1. The van der Waals surface area contributed by atoms with Crippen molar-refractivity contribution in [2.75, 3.05) is 19.7 Å². The van der Waals surface area contributed by atoms with E-state index in [4.69, 9.17) is 0 Å². The average molecular weight is 301 g/mol. The lowest BCUT2D eigenvalue weighted by atomic mass is 9.81. The van der Waals surface area contributed by atoms with Gasteiger partial charge in [0.05, 0.1) is 0 Å². The molecule has 0 spiro atoms. The van der Waals surface area contributed by atoms with Crippen molar-refractivity contribution in [3.63, 3.8) is 0 Å². The number of nitrogens with zero attached hydrogens (tertiary/aromatic N) is 1. The summed E-state index contributed by atoms with van der Waals surface area (Å²) < 4.78 is 0. The summed E-state index contributed by atoms with van der Waals surface area (Å²) in [4.78, 5) is 14.7. The molecule has 3 heteroatoms. The summed E-state index contributed by atoms with van der Waals surface area (Å²) in [5.41, 5.74) is 2.81. The predicted octanol–water partition coefficient (Wildman–Crippen LogP) is 3.12. The highest BCUT2D eigenvalue weighted by Crippen LogP contribution is 2.34. The van der Waals surface area contributed by atoms with Gasteiger partial charge in [-0.15, -0.1) is 0 Å². The van der Waals surface area contributed by atoms with Gasteiger partial charge in [-0.05, 0) is 55.1 Å². The fourth-order valence-corrected chi connectivity index (χ4v) is 4.01. The number of aliphatic hydroxyl groups excluding tert-OH is 1. The van der Waals surface area contributed by atoms with Crippen LogP contribution in [0.25, 0.3) is 0 Å². The third-order valence-electron chi connectivity index (χ3n) is 5.29. The van der Waals surface area contributed by atoms with E-state index in [-0.39, 0.29) is 18.4 Å². The van der Waals surface area contributed by atoms with Crippen LogP contribution in [-0.4, -0.2) is 35.6 Å². The molecular formula is C19H27NO2. The van der Waals surface area contributed by atoms with E-state index in [1.165, 1.54) is 17.5 Å². The minimum Gasteiger partial charge on any atom is -0.396 e. The number of hydrogen-bond acceptors (Lipinski definition) is 2. The quantitative estimate of drug-likeness (QED) is 0.932. The van der Waals surface area contributed by atoms with Gasteiger partial charge >= 0.3 is 0 Å². The molecule has 22 heavy (non-hydrogen) atoms. The predicted molar refractivity (Wildman–Crippen MR) is 87.7 cm³/mol. The highest BCUT2D eigenvalue weighted by atomic mass is 16.3. The average Bonchev–Trinajstić information content (AvgIpc) is 2.81. The summed E-state index contributed by atoms with van der Waals surface area (Å²) in [7, 11) is 0. The van der Waals surface area contributed by atoms with Gasteiger partial charge in [0.25, 0.3) is 0 Å². The molecule has 2 aliphatic rings. The summed E-state index contributed by atoms with van der Waals surface area (Å²) in [5, 5.41) is 9.43. The van der Waals surface area contributed by atoms with Crippen LogP contribution in [0.1, 0.15) is 55.6 Å². The topological polar surface area (TPSA) is 40.5 Å². The van der Waals surface area contributed by atoms with E-state index in [1.54, 1.807) is 0 Å². The first-order valence-corrected chi connectivity index (χ1v) is 8.74. The monoisotopic (exact) mass is 301 g/mol. The maximum Gasteiger partial charge on any atom is 0.223 e. The van der Waals surface area contributed by atoms with Crippen LogP contribution in [0, 0.1) is 5.92 Å². The molecule has 2 atom stereocenters. The Kier molecular flexibility index (Phi) is 5.14. The van der Waals surface area contributed by atoms with Crippen molar-refractivity contribution in [1.82, 2.24) is 4.90 Å². The lowest BCUT2D eigenvalue weighted by molar-refractivity contribution is -0.132. The molecule has 0 unspecified atom stereocenters. The lowest BCUT2D eigenvalue weighted by Gasteiger charge is -2.29. The maximum absolute atomic E-state index is 12.7. The van der Waals surface area contributed by atoms with E-state index in [0.717, 1.165) is 45.2 Å². The molecule has 1 amide bonds. The van der Waals surface area contributed by atoms with E-state index in [1.807, 2.05) is 4.90 Å². The van der Waals surface area contributed by atoms with Gasteiger partial charge in [0.2, 0.25) is 5.91 Å². The minimum absolute atomic E-state index is 0.204. The fraction of sp³-hybridized carbons (Fsp3) is 0.632. The summed E-state index contributed by atoms with van der Waals surface area (Å²) in [6.07, 6.45) is 7.35. The Labute approximate surface area is 133 Å². The number of aliphatic hydroxyl groups is 1. The van der Waals surface area contributed by atoms with Crippen LogP contribution in [0.4, 0.5) is 0 Å². The molecule has 1 fully saturated rings. The largest absolute Gasteiger partial charge is 0.396 e. The molecule has 1 N–H and O–H groups in total. The number of hydrogen-bond donors (Lipinski definition) is 1. The van der Waals surface area contributed by atoms with Crippen LogP contribution in [-0.2, 0) is 11.2 Å². The van der Waals surface area contributed by atoms with Crippen molar-refractivity contribution in [2.24, 2.45) is 5.92 Å². The second-order valence-corrected chi connectivity index (χ2v) is 6.88. The molecule has 1 saturated heterocycles. The molecule has 120 valence electrons. The number of aryl methyl sites for hydroxylation is 1. The molecule has 3 nitrogen and oxygen atoms in total. The third kappa shape index (κ3) is 3.52. The van der Waals surface area contributed by atoms with Crippen molar-refractivity contribution in [1.29, 1.82) is 0 Å². The molecule has 1 aliphatic carbocycles. The van der Waals surface area contributed by atoms with Crippen molar-refractivity contribution in [2.45, 2.75) is 50.9 Å². The summed E-state index contributed by atoms with van der Waals surface area (Å²) in [5.74, 6) is 0.931. The Balaban J connectivity index is 1.67. The molecule has 0 saturated carbocycles. The normalized spacial score (nSPS) is 25.4. The van der Waals surface area contributed by atoms with Gasteiger partial charge in [-0.1, -0.05) is 30.7 Å². The molecule has 1 aliphatic heterocycles. The van der Waals surface area contributed by atoms with E-state index < -0.39 is 0 Å². The molecule has 1 aromatic rings. The van der Waals surface area contributed by atoms with Gasteiger partial charge in [-0.2, -0.15) is 0 Å². The zero-order chi connectivity index (χ0) is 15.4. The highest BCUT2D eigenvalue weighted by Gasteiger charge is 2.26. The number of amides is 1. The first kappa shape index (κ1) is 15.5. The molecule has 1 heterocycles. The van der Waals surface area contributed by atoms with Crippen molar-refractivity contribution in [3.8, 4) is 0 Å². The van der Waals surface area contributed by atoms with Crippen LogP contribution in [0.2, 0.25) is 0 Å². The second kappa shape index (κ2) is 7.28. The van der Waals surface area contributed by atoms with E-state index in [0.29, 0.717) is 12.3 Å². The summed E-state index contributed by atoms with van der Waals surface area (Å²) in [6, 6.07) is 8.60. The van der Waals surface area contributed by atoms with E-state index >= 15 is 0 Å². The number of likely N-dealkylation sites (tertiary alicyclic amines) is 1. The van der Waals surface area contributed by atoms with Gasteiger partial charge in [-0.25, -0.2) is 0 Å². The van der Waals surface area contributed by atoms with Gasteiger partial charge in [0, 0.05) is 26.1 Å². The lowest BCUT2D eigenvalue weighted by Crippen LogP contribution is -2.36. The van der Waals surface area contributed by atoms with Gasteiger partial charge in [-0.3, -0.25) is 4.79 Å². The smallest absolute Gasteiger partial charge is 0.223 e. The summed E-state index contributed by atoms with van der Waals surface area (Å²) >= 11 is 0. The first-order chi connectivity index (χ1) is 10.8. The van der Waals surface area contributed by atoms with Crippen molar-refractivity contribution in [3.05, 3.63) is 35.4 Å². The number of carbonyl (C=O) groups is 1. The number of carbonyl (C=O) groups excluding carboxylic acids is 1. The highest BCUT2D eigenvalue weighted by molar-refractivity contribution is 5.77. The van der Waals surface area contributed by atoms with Crippen LogP contribution in [0.3, 0.4) is 0 Å². The van der Waals surface area contributed by atoms with Crippen LogP contribution in [0.15, 0.2) is 24.3 Å². The Morgan fingerprint density at radius 2 is 2.05 bits per heavy atom. The number of rotatable bonds is 3. The molecule has 0 radical (unpaired) electrons. The van der Waals surface area contributed by atoms with Crippen LogP contribution >= 0.6 is 0 Å². The Morgan fingerprint density at radius 3 is 2.91 bits per heavy atom. The molecule has 0 bridgehead atoms. The van der Waals surface area contributed by atoms with Gasteiger partial charge in [0.15, 0.2) is 0 Å². The molecule has 1 aromatic carbocycles. The second-order valence-electron chi connectivity index (χ2n) is 6.88. The minimum atomic E-state index is 0.204. The van der Waals surface area contributed by atoms with E-state index in [2.05, 4.69) is 24.3 Å². The summed E-state index contributed by atoms with van der Waals surface area (Å²) in [6.45, 7) is 1.81. The third-order valence-corrected chi connectivity index (χ3v) is 5.29. The molecule has 3 rings (SSSR count). The zero-order valence-electron chi connectivity index (χ0n) is 13.3. The van der Waals surface area contributed by atoms with Gasteiger partial charge in [0.1, 0.15) is 0 Å². The molecule has 0 aromatic heterocycles. The number of fused-ring (bicyclic) bond motifs is 1.